The smallest absolute Gasteiger partial charge is 0.306 e. The summed E-state index contributed by atoms with van der Waals surface area (Å²) in [6, 6.07) is 6.14. The highest BCUT2D eigenvalue weighted by atomic mass is 16.1. The van der Waals surface area contributed by atoms with Gasteiger partial charge in [0.2, 0.25) is 0 Å². The third-order valence-corrected chi connectivity index (χ3v) is 2.90. The zero-order valence-electron chi connectivity index (χ0n) is 9.68. The number of hydrogen-bond acceptors (Lipinski definition) is 1. The molecule has 2 N–H and O–H groups in total. The Balaban J connectivity index is 2.04. The Labute approximate surface area is 94.9 Å². The zero-order chi connectivity index (χ0) is 11.4. The van der Waals surface area contributed by atoms with Crippen LogP contribution in [0.15, 0.2) is 23.0 Å². The molecule has 2 rings (SSSR count). The molecule has 0 bridgehead atoms. The Morgan fingerprint density at radius 1 is 1.06 bits per heavy atom. The van der Waals surface area contributed by atoms with Gasteiger partial charge in [-0.15, -0.1) is 0 Å². The van der Waals surface area contributed by atoms with Gasteiger partial charge in [0.1, 0.15) is 0 Å². The molecule has 0 unspecified atom stereocenters. The standard InChI is InChI=1S/C13H18N2O/c1-2-3-4-5-6-10-7-8-11-12(9-10)15-13(16)14-11/h7-9H,2-6H2,1H3,(H2,14,15,16). The van der Waals surface area contributed by atoms with Crippen molar-refractivity contribution in [3.63, 3.8) is 0 Å². The average molecular weight is 218 g/mol. The highest BCUT2D eigenvalue weighted by Gasteiger charge is 1.99. The number of aryl methyl sites for hydroxylation is 1. The van der Waals surface area contributed by atoms with Crippen LogP contribution in [0.4, 0.5) is 0 Å². The minimum absolute atomic E-state index is 0.127. The fourth-order valence-electron chi connectivity index (χ4n) is 1.99. The maximum Gasteiger partial charge on any atom is 0.323 e. The maximum absolute atomic E-state index is 11.1. The summed E-state index contributed by atoms with van der Waals surface area (Å²) in [6.45, 7) is 2.22. The highest BCUT2D eigenvalue weighted by molar-refractivity contribution is 5.74. The summed E-state index contributed by atoms with van der Waals surface area (Å²) in [7, 11) is 0. The van der Waals surface area contributed by atoms with Gasteiger partial charge in [-0.05, 0) is 30.5 Å². The van der Waals surface area contributed by atoms with Gasteiger partial charge in [-0.25, -0.2) is 4.79 Å². The lowest BCUT2D eigenvalue weighted by Crippen LogP contribution is -1.99. The summed E-state index contributed by atoms with van der Waals surface area (Å²) >= 11 is 0. The van der Waals surface area contributed by atoms with Crippen molar-refractivity contribution in [2.24, 2.45) is 0 Å². The Morgan fingerprint density at radius 3 is 2.69 bits per heavy atom. The van der Waals surface area contributed by atoms with Crippen LogP contribution in [0, 0.1) is 0 Å². The second-order valence-electron chi connectivity index (χ2n) is 4.27. The first-order valence-electron chi connectivity index (χ1n) is 6.00. The Morgan fingerprint density at radius 2 is 1.88 bits per heavy atom. The monoisotopic (exact) mass is 218 g/mol. The summed E-state index contributed by atoms with van der Waals surface area (Å²) in [5.41, 5.74) is 2.98. The molecule has 1 aromatic heterocycles. The van der Waals surface area contributed by atoms with E-state index in [0.29, 0.717) is 0 Å². The molecule has 0 radical (unpaired) electrons. The van der Waals surface area contributed by atoms with E-state index >= 15 is 0 Å². The predicted octanol–water partition coefficient (Wildman–Crippen LogP) is 2.98. The lowest BCUT2D eigenvalue weighted by atomic mass is 10.1. The molecule has 0 atom stereocenters. The van der Waals surface area contributed by atoms with Crippen molar-refractivity contribution < 1.29 is 0 Å². The van der Waals surface area contributed by atoms with Crippen LogP contribution in [0.2, 0.25) is 0 Å². The average Bonchev–Trinajstić information content (AvgIpc) is 2.64. The van der Waals surface area contributed by atoms with Crippen molar-refractivity contribution in [3.05, 3.63) is 34.2 Å². The molecule has 2 aromatic rings. The zero-order valence-corrected chi connectivity index (χ0v) is 9.68. The molecule has 0 aliphatic heterocycles. The van der Waals surface area contributed by atoms with Crippen LogP contribution >= 0.6 is 0 Å². The third-order valence-electron chi connectivity index (χ3n) is 2.90. The van der Waals surface area contributed by atoms with E-state index < -0.39 is 0 Å². The lowest BCUT2D eigenvalue weighted by Gasteiger charge is -2.01. The van der Waals surface area contributed by atoms with Crippen LogP contribution < -0.4 is 5.69 Å². The molecule has 16 heavy (non-hydrogen) atoms. The van der Waals surface area contributed by atoms with E-state index in [-0.39, 0.29) is 5.69 Å². The number of imidazole rings is 1. The molecule has 0 saturated heterocycles. The van der Waals surface area contributed by atoms with E-state index in [1.165, 1.54) is 31.2 Å². The number of rotatable bonds is 5. The topological polar surface area (TPSA) is 48.6 Å². The van der Waals surface area contributed by atoms with E-state index in [0.717, 1.165) is 17.5 Å². The fraction of sp³-hybridized carbons (Fsp3) is 0.462. The second kappa shape index (κ2) is 5.01. The van der Waals surface area contributed by atoms with Crippen LogP contribution in [0.25, 0.3) is 11.0 Å². The predicted molar refractivity (Wildman–Crippen MR) is 66.8 cm³/mol. The summed E-state index contributed by atoms with van der Waals surface area (Å²) < 4.78 is 0. The van der Waals surface area contributed by atoms with Crippen LogP contribution in [0.1, 0.15) is 38.2 Å². The molecule has 3 nitrogen and oxygen atoms in total. The normalized spacial score (nSPS) is 11.1. The molecule has 0 spiro atoms. The minimum Gasteiger partial charge on any atom is -0.306 e. The molecule has 3 heteroatoms. The first kappa shape index (κ1) is 11.0. The van der Waals surface area contributed by atoms with E-state index in [1.54, 1.807) is 0 Å². The van der Waals surface area contributed by atoms with Crippen molar-refractivity contribution in [2.75, 3.05) is 0 Å². The Bertz CT molecular complexity index is 510. The van der Waals surface area contributed by atoms with Crippen molar-refractivity contribution in [1.82, 2.24) is 9.97 Å². The SMILES string of the molecule is CCCCCCc1ccc2[nH]c(=O)[nH]c2c1. The number of fused-ring (bicyclic) bond motifs is 1. The van der Waals surface area contributed by atoms with E-state index in [4.69, 9.17) is 0 Å². The first-order valence-corrected chi connectivity index (χ1v) is 6.00. The molecule has 0 aliphatic rings. The third kappa shape index (κ3) is 2.54. The fourth-order valence-corrected chi connectivity index (χ4v) is 1.99. The summed E-state index contributed by atoms with van der Waals surface area (Å²) in [6.07, 6.45) is 6.20. The maximum atomic E-state index is 11.1. The van der Waals surface area contributed by atoms with Gasteiger partial charge in [-0.2, -0.15) is 0 Å². The van der Waals surface area contributed by atoms with Gasteiger partial charge in [0.05, 0.1) is 11.0 Å². The number of hydrogen-bond donors (Lipinski definition) is 2. The summed E-state index contributed by atoms with van der Waals surface area (Å²) in [5.74, 6) is 0. The van der Waals surface area contributed by atoms with Crippen LogP contribution in [-0.2, 0) is 6.42 Å². The van der Waals surface area contributed by atoms with Gasteiger partial charge in [0.15, 0.2) is 0 Å². The van der Waals surface area contributed by atoms with Crippen molar-refractivity contribution in [2.45, 2.75) is 39.0 Å². The Hall–Kier alpha value is -1.51. The van der Waals surface area contributed by atoms with Gasteiger partial charge in [-0.3, -0.25) is 0 Å². The van der Waals surface area contributed by atoms with Crippen molar-refractivity contribution >= 4 is 11.0 Å². The number of aromatic amines is 2. The van der Waals surface area contributed by atoms with Gasteiger partial charge < -0.3 is 9.97 Å². The number of benzene rings is 1. The second-order valence-corrected chi connectivity index (χ2v) is 4.27. The first-order chi connectivity index (χ1) is 7.79. The van der Waals surface area contributed by atoms with Gasteiger partial charge in [0.25, 0.3) is 0 Å². The van der Waals surface area contributed by atoms with Gasteiger partial charge in [-0.1, -0.05) is 32.3 Å². The largest absolute Gasteiger partial charge is 0.323 e. The Kier molecular flexibility index (Phi) is 3.44. The number of aromatic nitrogens is 2. The molecule has 86 valence electrons. The summed E-state index contributed by atoms with van der Waals surface area (Å²) in [4.78, 5) is 16.6. The van der Waals surface area contributed by atoms with Crippen molar-refractivity contribution in [3.8, 4) is 0 Å². The molecular formula is C13H18N2O. The van der Waals surface area contributed by atoms with Crippen LogP contribution in [0.5, 0.6) is 0 Å². The number of H-pyrrole nitrogens is 2. The van der Waals surface area contributed by atoms with Crippen molar-refractivity contribution in [1.29, 1.82) is 0 Å². The molecule has 0 saturated carbocycles. The minimum atomic E-state index is -0.127. The molecular weight excluding hydrogens is 200 g/mol. The van der Waals surface area contributed by atoms with E-state index in [9.17, 15) is 4.79 Å². The lowest BCUT2D eigenvalue weighted by molar-refractivity contribution is 0.667. The molecule has 0 fully saturated rings. The van der Waals surface area contributed by atoms with Gasteiger partial charge >= 0.3 is 5.69 Å². The highest BCUT2D eigenvalue weighted by Crippen LogP contribution is 2.13. The molecule has 1 heterocycles. The summed E-state index contributed by atoms with van der Waals surface area (Å²) in [5, 5.41) is 0. The van der Waals surface area contributed by atoms with E-state index in [1.807, 2.05) is 6.07 Å². The molecule has 0 amide bonds. The van der Waals surface area contributed by atoms with Gasteiger partial charge in [0, 0.05) is 0 Å². The number of unbranched alkanes of at least 4 members (excludes halogenated alkanes) is 3. The molecule has 1 aromatic carbocycles. The number of nitrogens with one attached hydrogen (secondary N) is 2. The quantitative estimate of drug-likeness (QED) is 0.745. The van der Waals surface area contributed by atoms with Crippen LogP contribution in [-0.4, -0.2) is 9.97 Å². The van der Waals surface area contributed by atoms with Crippen LogP contribution in [0.3, 0.4) is 0 Å². The molecule has 0 aliphatic carbocycles. The van der Waals surface area contributed by atoms with E-state index in [2.05, 4.69) is 29.0 Å².